The van der Waals surface area contributed by atoms with Crippen molar-refractivity contribution in [1.29, 1.82) is 5.26 Å². The molecule has 1 heteroatoms. The Morgan fingerprint density at radius 3 is 2.50 bits per heavy atom. The van der Waals surface area contributed by atoms with Crippen molar-refractivity contribution in [2.75, 3.05) is 0 Å². The van der Waals surface area contributed by atoms with Gasteiger partial charge in [-0.05, 0) is 36.0 Å². The average Bonchev–Trinajstić information content (AvgIpc) is 2.47. The van der Waals surface area contributed by atoms with Crippen LogP contribution < -0.4 is 0 Å². The molecule has 0 heterocycles. The van der Waals surface area contributed by atoms with Gasteiger partial charge < -0.3 is 0 Å². The Bertz CT molecular complexity index is 542. The van der Waals surface area contributed by atoms with Crippen LogP contribution in [0.2, 0.25) is 0 Å². The van der Waals surface area contributed by atoms with Gasteiger partial charge in [-0.25, -0.2) is 0 Å². The van der Waals surface area contributed by atoms with E-state index in [0.717, 1.165) is 11.5 Å². The molecule has 20 heavy (non-hydrogen) atoms. The van der Waals surface area contributed by atoms with E-state index < -0.39 is 0 Å². The monoisotopic (exact) mass is 265 g/mol. The highest BCUT2D eigenvalue weighted by Gasteiger charge is 2.19. The van der Waals surface area contributed by atoms with Crippen molar-refractivity contribution in [1.82, 2.24) is 0 Å². The fourth-order valence-corrected chi connectivity index (χ4v) is 2.78. The summed E-state index contributed by atoms with van der Waals surface area (Å²) in [5.41, 5.74) is 3.50. The van der Waals surface area contributed by atoms with Crippen LogP contribution in [0.15, 0.2) is 48.1 Å². The van der Waals surface area contributed by atoms with Crippen LogP contribution >= 0.6 is 0 Å². The first-order chi connectivity index (χ1) is 9.63. The molecule has 3 unspecified atom stereocenters. The second-order valence-electron chi connectivity index (χ2n) is 5.94. The van der Waals surface area contributed by atoms with Crippen molar-refractivity contribution in [2.24, 2.45) is 11.8 Å². The third-order valence-corrected chi connectivity index (χ3v) is 4.27. The summed E-state index contributed by atoms with van der Waals surface area (Å²) in [6, 6.07) is 10.2. The Labute approximate surface area is 122 Å². The van der Waals surface area contributed by atoms with E-state index in [9.17, 15) is 0 Å². The summed E-state index contributed by atoms with van der Waals surface area (Å²) >= 11 is 0. The van der Waals surface area contributed by atoms with Gasteiger partial charge in [0.05, 0.1) is 11.6 Å². The molecule has 0 fully saturated rings. The van der Waals surface area contributed by atoms with Gasteiger partial charge in [-0.3, -0.25) is 0 Å². The van der Waals surface area contributed by atoms with Crippen molar-refractivity contribution in [2.45, 2.75) is 39.5 Å². The minimum absolute atomic E-state index is 0.434. The lowest BCUT2D eigenvalue weighted by atomic mass is 9.80. The summed E-state index contributed by atoms with van der Waals surface area (Å²) in [6.07, 6.45) is 9.43. The summed E-state index contributed by atoms with van der Waals surface area (Å²) in [5, 5.41) is 8.86. The quantitative estimate of drug-likeness (QED) is 0.733. The Kier molecular flexibility index (Phi) is 4.79. The normalized spacial score (nSPS) is 23.0. The van der Waals surface area contributed by atoms with Crippen LogP contribution in [0.5, 0.6) is 0 Å². The highest BCUT2D eigenvalue weighted by Crippen LogP contribution is 2.33. The molecule has 0 N–H and O–H groups in total. The summed E-state index contributed by atoms with van der Waals surface area (Å²) in [7, 11) is 0. The van der Waals surface area contributed by atoms with Crippen molar-refractivity contribution in [3.05, 3.63) is 59.2 Å². The third kappa shape index (κ3) is 3.39. The number of nitriles is 1. The van der Waals surface area contributed by atoms with E-state index in [2.05, 4.69) is 57.2 Å². The molecule has 2 rings (SSSR count). The van der Waals surface area contributed by atoms with Crippen molar-refractivity contribution in [3.8, 4) is 6.07 Å². The molecule has 1 aromatic carbocycles. The molecule has 104 valence electrons. The van der Waals surface area contributed by atoms with Gasteiger partial charge in [0.15, 0.2) is 0 Å². The molecule has 0 saturated heterocycles. The molecule has 0 spiro atoms. The lowest BCUT2D eigenvalue weighted by Crippen LogP contribution is -2.10. The summed E-state index contributed by atoms with van der Waals surface area (Å²) in [6.45, 7) is 6.84. The van der Waals surface area contributed by atoms with Crippen LogP contribution in [0.1, 0.15) is 50.7 Å². The Morgan fingerprint density at radius 2 is 1.95 bits per heavy atom. The maximum atomic E-state index is 8.86. The lowest BCUT2D eigenvalue weighted by Gasteiger charge is -2.24. The molecule has 1 nitrogen and oxygen atoms in total. The smallest absolute Gasteiger partial charge is 0.0991 e. The maximum absolute atomic E-state index is 8.86. The van der Waals surface area contributed by atoms with E-state index in [4.69, 9.17) is 5.26 Å². The van der Waals surface area contributed by atoms with E-state index in [1.165, 1.54) is 24.0 Å². The van der Waals surface area contributed by atoms with E-state index in [-0.39, 0.29) is 0 Å². The van der Waals surface area contributed by atoms with E-state index in [1.807, 2.05) is 12.1 Å². The van der Waals surface area contributed by atoms with Gasteiger partial charge >= 0.3 is 0 Å². The summed E-state index contributed by atoms with van der Waals surface area (Å²) < 4.78 is 0. The van der Waals surface area contributed by atoms with Crippen LogP contribution in [-0.4, -0.2) is 0 Å². The average molecular weight is 265 g/mol. The molecule has 1 aliphatic carbocycles. The molecule has 0 radical (unpaired) electrons. The molecular formula is C19H23N. The SMILES string of the molecule is CCC(C)CC1=CC(C)C(c2ccc(C#N)cc2)C=C1. The lowest BCUT2D eigenvalue weighted by molar-refractivity contribution is 0.549. The molecule has 0 bridgehead atoms. The van der Waals surface area contributed by atoms with Crippen LogP contribution in [0.4, 0.5) is 0 Å². The number of benzene rings is 1. The van der Waals surface area contributed by atoms with Crippen molar-refractivity contribution < 1.29 is 0 Å². The maximum Gasteiger partial charge on any atom is 0.0991 e. The molecule has 1 aliphatic rings. The predicted octanol–water partition coefficient (Wildman–Crippen LogP) is 5.21. The standard InChI is InChI=1S/C19H23N/c1-4-14(2)11-17-7-10-19(15(3)12-17)18-8-5-16(13-20)6-9-18/h5-10,12,14-15,19H,4,11H2,1-3H3. The number of rotatable bonds is 4. The minimum Gasteiger partial charge on any atom is -0.192 e. The van der Waals surface area contributed by atoms with Gasteiger partial charge in [0.2, 0.25) is 0 Å². The number of hydrogen-bond acceptors (Lipinski definition) is 1. The van der Waals surface area contributed by atoms with Gasteiger partial charge in [-0.1, -0.05) is 63.1 Å². The fraction of sp³-hybridized carbons (Fsp3) is 0.421. The Balaban J connectivity index is 2.10. The molecule has 0 amide bonds. The Morgan fingerprint density at radius 1 is 1.25 bits per heavy atom. The highest BCUT2D eigenvalue weighted by atomic mass is 14.3. The number of nitrogens with zero attached hydrogens (tertiary/aromatic N) is 1. The van der Waals surface area contributed by atoms with Crippen LogP contribution in [0, 0.1) is 23.2 Å². The topological polar surface area (TPSA) is 23.8 Å². The third-order valence-electron chi connectivity index (χ3n) is 4.27. The van der Waals surface area contributed by atoms with Gasteiger partial charge in [-0.2, -0.15) is 5.26 Å². The zero-order valence-electron chi connectivity index (χ0n) is 12.6. The molecule has 0 aliphatic heterocycles. The van der Waals surface area contributed by atoms with Crippen LogP contribution in [-0.2, 0) is 0 Å². The highest BCUT2D eigenvalue weighted by molar-refractivity contribution is 5.38. The van der Waals surface area contributed by atoms with Gasteiger partial charge in [-0.15, -0.1) is 0 Å². The largest absolute Gasteiger partial charge is 0.192 e. The van der Waals surface area contributed by atoms with Gasteiger partial charge in [0.1, 0.15) is 0 Å². The second kappa shape index (κ2) is 6.57. The summed E-state index contributed by atoms with van der Waals surface area (Å²) in [5.74, 6) is 1.71. The predicted molar refractivity (Wildman–Crippen MR) is 84.4 cm³/mol. The van der Waals surface area contributed by atoms with Crippen molar-refractivity contribution >= 4 is 0 Å². The fourth-order valence-electron chi connectivity index (χ4n) is 2.78. The summed E-state index contributed by atoms with van der Waals surface area (Å²) in [4.78, 5) is 0. The zero-order valence-corrected chi connectivity index (χ0v) is 12.6. The first kappa shape index (κ1) is 14.6. The first-order valence-electron chi connectivity index (χ1n) is 7.53. The zero-order chi connectivity index (χ0) is 14.5. The number of hydrogen-bond donors (Lipinski definition) is 0. The minimum atomic E-state index is 0.434. The molecule has 1 aromatic rings. The second-order valence-corrected chi connectivity index (χ2v) is 5.94. The van der Waals surface area contributed by atoms with Crippen LogP contribution in [0.25, 0.3) is 0 Å². The van der Waals surface area contributed by atoms with E-state index in [0.29, 0.717) is 11.8 Å². The number of allylic oxidation sites excluding steroid dienone is 4. The van der Waals surface area contributed by atoms with Crippen molar-refractivity contribution in [3.63, 3.8) is 0 Å². The van der Waals surface area contributed by atoms with Crippen LogP contribution in [0.3, 0.4) is 0 Å². The molecular weight excluding hydrogens is 242 g/mol. The first-order valence-corrected chi connectivity index (χ1v) is 7.53. The van der Waals surface area contributed by atoms with Gasteiger partial charge in [0, 0.05) is 5.92 Å². The molecule has 3 atom stereocenters. The van der Waals surface area contributed by atoms with E-state index >= 15 is 0 Å². The van der Waals surface area contributed by atoms with Gasteiger partial charge in [0.25, 0.3) is 0 Å². The molecule has 0 aromatic heterocycles. The van der Waals surface area contributed by atoms with E-state index in [1.54, 1.807) is 0 Å². The molecule has 0 saturated carbocycles. The Hall–Kier alpha value is -1.81.